The van der Waals surface area contributed by atoms with E-state index in [9.17, 15) is 13.6 Å². The van der Waals surface area contributed by atoms with Crippen LogP contribution in [-0.4, -0.2) is 12.5 Å². The van der Waals surface area contributed by atoms with Crippen molar-refractivity contribution >= 4 is 5.91 Å². The van der Waals surface area contributed by atoms with Crippen LogP contribution in [0.1, 0.15) is 38.3 Å². The summed E-state index contributed by atoms with van der Waals surface area (Å²) in [5.74, 6) is -1.90. The molecule has 1 rings (SSSR count). The minimum Gasteiger partial charge on any atom is -0.349 e. The fourth-order valence-electron chi connectivity index (χ4n) is 2.03. The average molecular weight is 270 g/mol. The first-order valence-corrected chi connectivity index (χ1v) is 6.45. The third-order valence-corrected chi connectivity index (χ3v) is 3.08. The Labute approximate surface area is 112 Å². The molecule has 3 N–H and O–H groups in total. The maximum absolute atomic E-state index is 13.6. The fourth-order valence-corrected chi connectivity index (χ4v) is 2.03. The first kappa shape index (κ1) is 15.6. The van der Waals surface area contributed by atoms with E-state index in [0.717, 1.165) is 6.42 Å². The maximum Gasteiger partial charge on any atom is 0.224 e. The molecule has 3 nitrogen and oxygen atoms in total. The maximum atomic E-state index is 13.6. The zero-order valence-corrected chi connectivity index (χ0v) is 11.2. The van der Waals surface area contributed by atoms with E-state index in [1.54, 1.807) is 6.92 Å². The lowest BCUT2D eigenvalue weighted by Crippen LogP contribution is -2.37. The average Bonchev–Trinajstić information content (AvgIpc) is 2.35. The lowest BCUT2D eigenvalue weighted by molar-refractivity contribution is -0.125. The number of hydrogen-bond donors (Lipinski definition) is 2. The minimum absolute atomic E-state index is 0.122. The molecule has 0 fully saturated rings. The third kappa shape index (κ3) is 3.99. The van der Waals surface area contributed by atoms with Gasteiger partial charge in [-0.1, -0.05) is 19.4 Å². The summed E-state index contributed by atoms with van der Waals surface area (Å²) >= 11 is 0. The second-order valence-electron chi connectivity index (χ2n) is 4.59. The molecule has 0 aliphatic rings. The highest BCUT2D eigenvalue weighted by molar-refractivity contribution is 5.79. The van der Waals surface area contributed by atoms with Crippen LogP contribution in [0.15, 0.2) is 18.2 Å². The largest absolute Gasteiger partial charge is 0.349 e. The Morgan fingerprint density at radius 1 is 1.37 bits per heavy atom. The van der Waals surface area contributed by atoms with Crippen molar-refractivity contribution in [3.8, 4) is 0 Å². The van der Waals surface area contributed by atoms with Gasteiger partial charge in [-0.2, -0.15) is 0 Å². The highest BCUT2D eigenvalue weighted by Gasteiger charge is 2.21. The standard InChI is InChI=1S/C14H20F2N2O/c1-3-5-10(8-17)14(19)18-9(2)13-11(15)6-4-7-12(13)16/h4,6-7,9-10H,3,5,8,17H2,1-2H3,(H,18,19). The van der Waals surface area contributed by atoms with Gasteiger partial charge < -0.3 is 11.1 Å². The molecule has 1 aromatic carbocycles. The monoisotopic (exact) mass is 270 g/mol. The quantitative estimate of drug-likeness (QED) is 0.834. The number of carbonyl (C=O) groups excluding carboxylic acids is 1. The second-order valence-corrected chi connectivity index (χ2v) is 4.59. The van der Waals surface area contributed by atoms with Crippen LogP contribution in [0.5, 0.6) is 0 Å². The van der Waals surface area contributed by atoms with Gasteiger partial charge in [-0.25, -0.2) is 8.78 Å². The Hall–Kier alpha value is -1.49. The van der Waals surface area contributed by atoms with Crippen molar-refractivity contribution in [1.82, 2.24) is 5.32 Å². The predicted octanol–water partition coefficient (Wildman–Crippen LogP) is 2.52. The smallest absolute Gasteiger partial charge is 0.224 e. The Morgan fingerprint density at radius 3 is 2.42 bits per heavy atom. The van der Waals surface area contributed by atoms with Gasteiger partial charge in [-0.15, -0.1) is 0 Å². The molecular weight excluding hydrogens is 250 g/mol. The van der Waals surface area contributed by atoms with Crippen molar-refractivity contribution in [2.24, 2.45) is 11.7 Å². The molecule has 1 amide bonds. The summed E-state index contributed by atoms with van der Waals surface area (Å²) in [5, 5.41) is 2.61. The van der Waals surface area contributed by atoms with Crippen molar-refractivity contribution < 1.29 is 13.6 Å². The number of halogens is 2. The Balaban J connectivity index is 2.79. The number of carbonyl (C=O) groups is 1. The predicted molar refractivity (Wildman–Crippen MR) is 70.4 cm³/mol. The van der Waals surface area contributed by atoms with Crippen LogP contribution in [-0.2, 0) is 4.79 Å². The number of nitrogens with two attached hydrogens (primary N) is 1. The molecule has 0 spiro atoms. The summed E-state index contributed by atoms with van der Waals surface area (Å²) in [5.41, 5.74) is 5.40. The van der Waals surface area contributed by atoms with Crippen LogP contribution in [0.4, 0.5) is 8.78 Å². The van der Waals surface area contributed by atoms with Crippen molar-refractivity contribution in [3.05, 3.63) is 35.4 Å². The summed E-state index contributed by atoms with van der Waals surface area (Å²) < 4.78 is 27.1. The van der Waals surface area contributed by atoms with E-state index in [1.165, 1.54) is 18.2 Å². The molecule has 2 atom stereocenters. The third-order valence-electron chi connectivity index (χ3n) is 3.08. The minimum atomic E-state index is -0.723. The van der Waals surface area contributed by atoms with E-state index in [4.69, 9.17) is 5.73 Å². The molecule has 0 radical (unpaired) electrons. The Kier molecular flexibility index (Phi) is 5.89. The van der Waals surface area contributed by atoms with Crippen LogP contribution in [0.3, 0.4) is 0 Å². The molecule has 19 heavy (non-hydrogen) atoms. The molecule has 0 saturated carbocycles. The van der Waals surface area contributed by atoms with Crippen molar-refractivity contribution in [1.29, 1.82) is 0 Å². The van der Waals surface area contributed by atoms with Crippen molar-refractivity contribution in [3.63, 3.8) is 0 Å². The van der Waals surface area contributed by atoms with Crippen molar-refractivity contribution in [2.45, 2.75) is 32.7 Å². The first-order valence-electron chi connectivity index (χ1n) is 6.45. The topological polar surface area (TPSA) is 55.1 Å². The van der Waals surface area contributed by atoms with Gasteiger partial charge in [0.1, 0.15) is 11.6 Å². The molecular formula is C14H20F2N2O. The molecule has 0 heterocycles. The Morgan fingerprint density at radius 2 is 1.95 bits per heavy atom. The SMILES string of the molecule is CCCC(CN)C(=O)NC(C)c1c(F)cccc1F. The normalized spacial score (nSPS) is 13.9. The van der Waals surface area contributed by atoms with Crippen LogP contribution in [0, 0.1) is 17.6 Å². The van der Waals surface area contributed by atoms with Crippen LogP contribution in [0.25, 0.3) is 0 Å². The van der Waals surface area contributed by atoms with E-state index < -0.39 is 17.7 Å². The van der Waals surface area contributed by atoms with Crippen molar-refractivity contribution in [2.75, 3.05) is 6.54 Å². The first-order chi connectivity index (χ1) is 9.01. The van der Waals surface area contributed by atoms with E-state index >= 15 is 0 Å². The van der Waals surface area contributed by atoms with E-state index in [2.05, 4.69) is 5.32 Å². The number of rotatable bonds is 6. The van der Waals surface area contributed by atoms with E-state index in [1.807, 2.05) is 6.92 Å². The number of hydrogen-bond acceptors (Lipinski definition) is 2. The fraction of sp³-hybridized carbons (Fsp3) is 0.500. The Bertz CT molecular complexity index is 417. The number of amides is 1. The lowest BCUT2D eigenvalue weighted by Gasteiger charge is -2.20. The van der Waals surface area contributed by atoms with E-state index in [-0.39, 0.29) is 23.9 Å². The molecule has 0 aliphatic carbocycles. The molecule has 106 valence electrons. The number of nitrogens with one attached hydrogen (secondary N) is 1. The van der Waals surface area contributed by atoms with Gasteiger partial charge in [0.25, 0.3) is 0 Å². The summed E-state index contributed by atoms with van der Waals surface area (Å²) in [6.07, 6.45) is 1.49. The van der Waals surface area contributed by atoms with Gasteiger partial charge in [0.15, 0.2) is 0 Å². The van der Waals surface area contributed by atoms with Gasteiger partial charge in [0.2, 0.25) is 5.91 Å². The molecule has 0 aliphatic heterocycles. The van der Waals surface area contributed by atoms with Gasteiger partial charge >= 0.3 is 0 Å². The molecule has 0 aromatic heterocycles. The highest BCUT2D eigenvalue weighted by Crippen LogP contribution is 2.20. The van der Waals surface area contributed by atoms with Crippen LogP contribution < -0.4 is 11.1 Å². The summed E-state index contributed by atoms with van der Waals surface area (Å²) in [6, 6.07) is 2.92. The molecule has 1 aromatic rings. The zero-order chi connectivity index (χ0) is 14.4. The molecule has 2 unspecified atom stereocenters. The van der Waals surface area contributed by atoms with Gasteiger partial charge in [0, 0.05) is 12.1 Å². The summed E-state index contributed by atoms with van der Waals surface area (Å²) in [7, 11) is 0. The summed E-state index contributed by atoms with van der Waals surface area (Å²) in [4.78, 5) is 11.9. The second kappa shape index (κ2) is 7.19. The lowest BCUT2D eigenvalue weighted by atomic mass is 10.0. The van der Waals surface area contributed by atoms with Gasteiger partial charge in [-0.3, -0.25) is 4.79 Å². The molecule has 0 saturated heterocycles. The van der Waals surface area contributed by atoms with Crippen LogP contribution in [0.2, 0.25) is 0 Å². The van der Waals surface area contributed by atoms with Gasteiger partial charge in [0.05, 0.1) is 12.0 Å². The highest BCUT2D eigenvalue weighted by atomic mass is 19.1. The number of benzene rings is 1. The van der Waals surface area contributed by atoms with Gasteiger partial charge in [-0.05, 0) is 25.5 Å². The van der Waals surface area contributed by atoms with E-state index in [0.29, 0.717) is 6.42 Å². The van der Waals surface area contributed by atoms with Crippen LogP contribution >= 0.6 is 0 Å². The molecule has 0 bridgehead atoms. The summed E-state index contributed by atoms with van der Waals surface area (Å²) in [6.45, 7) is 3.74. The molecule has 5 heteroatoms. The zero-order valence-electron chi connectivity index (χ0n) is 11.2.